The van der Waals surface area contributed by atoms with Gasteiger partial charge in [-0.05, 0) is 43.4 Å². The van der Waals surface area contributed by atoms with Crippen LogP contribution in [0.15, 0.2) is 29.3 Å². The van der Waals surface area contributed by atoms with E-state index in [1.165, 1.54) is 25.3 Å². The number of fused-ring (bicyclic) bond motifs is 1. The van der Waals surface area contributed by atoms with Crippen LogP contribution in [0.1, 0.15) is 49.3 Å². The van der Waals surface area contributed by atoms with Crippen molar-refractivity contribution in [3.8, 4) is 0 Å². The highest BCUT2D eigenvalue weighted by atomic mass is 127. The van der Waals surface area contributed by atoms with Crippen LogP contribution in [-0.4, -0.2) is 40.9 Å². The summed E-state index contributed by atoms with van der Waals surface area (Å²) in [6.45, 7) is 2.54. The highest BCUT2D eigenvalue weighted by molar-refractivity contribution is 14.0. The fourth-order valence-electron chi connectivity index (χ4n) is 4.03. The van der Waals surface area contributed by atoms with E-state index in [1.807, 2.05) is 6.07 Å². The highest BCUT2D eigenvalue weighted by Crippen LogP contribution is 2.47. The molecule has 1 fully saturated rings. The largest absolute Gasteiger partial charge is 0.356 e. The molecule has 6 nitrogen and oxygen atoms in total. The van der Waals surface area contributed by atoms with Gasteiger partial charge in [-0.15, -0.1) is 34.2 Å². The van der Waals surface area contributed by atoms with Crippen LogP contribution in [0.3, 0.4) is 0 Å². The van der Waals surface area contributed by atoms with Gasteiger partial charge in [0.2, 0.25) is 0 Å². The monoisotopic (exact) mass is 512 g/mol. The van der Waals surface area contributed by atoms with E-state index in [0.29, 0.717) is 0 Å². The summed E-state index contributed by atoms with van der Waals surface area (Å²) in [6.07, 6.45) is 7.69. The van der Waals surface area contributed by atoms with Crippen LogP contribution in [0.25, 0.3) is 0 Å². The number of rotatable bonds is 6. The van der Waals surface area contributed by atoms with Gasteiger partial charge in [-0.25, -0.2) is 4.39 Å². The number of guanidine groups is 1. The molecule has 1 aliphatic carbocycles. The third-order valence-corrected chi connectivity index (χ3v) is 5.94. The molecule has 1 aromatic heterocycles. The Morgan fingerprint density at radius 1 is 1.21 bits per heavy atom. The van der Waals surface area contributed by atoms with Crippen LogP contribution < -0.4 is 10.6 Å². The Balaban J connectivity index is 0.00000240. The number of halogens is 2. The molecule has 1 saturated carbocycles. The molecule has 2 heterocycles. The minimum atomic E-state index is -0.168. The molecule has 2 aromatic rings. The first kappa shape index (κ1) is 22.0. The molecule has 1 aliphatic heterocycles. The summed E-state index contributed by atoms with van der Waals surface area (Å²) in [4.78, 5) is 4.33. The molecule has 0 saturated heterocycles. The first-order chi connectivity index (χ1) is 13.7. The average Bonchev–Trinajstić information content (AvgIpc) is 3.46. The Morgan fingerprint density at radius 2 is 2.07 bits per heavy atom. The van der Waals surface area contributed by atoms with Gasteiger partial charge in [0.1, 0.15) is 17.5 Å². The molecular weight excluding hydrogens is 482 g/mol. The third-order valence-electron chi connectivity index (χ3n) is 5.94. The van der Waals surface area contributed by atoms with Crippen LogP contribution in [0.4, 0.5) is 4.39 Å². The average molecular weight is 512 g/mol. The number of hydrogen-bond acceptors (Lipinski definition) is 3. The number of benzene rings is 1. The lowest BCUT2D eigenvalue weighted by Gasteiger charge is -2.19. The second-order valence-electron chi connectivity index (χ2n) is 7.89. The normalized spacial score (nSPS) is 17.7. The molecule has 0 unspecified atom stereocenters. The summed E-state index contributed by atoms with van der Waals surface area (Å²) in [5.74, 6) is 2.79. The van der Waals surface area contributed by atoms with Gasteiger partial charge in [0.25, 0.3) is 0 Å². The molecule has 0 spiro atoms. The zero-order valence-corrected chi connectivity index (χ0v) is 19.3. The van der Waals surface area contributed by atoms with Gasteiger partial charge >= 0.3 is 0 Å². The Bertz CT molecular complexity index is 845. The quantitative estimate of drug-likeness (QED) is 0.355. The Hall–Kier alpha value is -1.71. The molecule has 8 heteroatoms. The number of hydrogen-bond donors (Lipinski definition) is 2. The summed E-state index contributed by atoms with van der Waals surface area (Å²) >= 11 is 0. The predicted octanol–water partition coefficient (Wildman–Crippen LogP) is 3.20. The maximum atomic E-state index is 13.6. The highest BCUT2D eigenvalue weighted by Gasteiger charge is 2.44. The summed E-state index contributed by atoms with van der Waals surface area (Å²) in [5.41, 5.74) is 1.10. The molecule has 1 aromatic carbocycles. The van der Waals surface area contributed by atoms with Crippen molar-refractivity contribution >= 4 is 29.9 Å². The van der Waals surface area contributed by atoms with Crippen molar-refractivity contribution in [2.45, 2.75) is 56.9 Å². The Morgan fingerprint density at radius 3 is 2.83 bits per heavy atom. The number of nitrogens with one attached hydrogen (secondary N) is 2. The van der Waals surface area contributed by atoms with Crippen molar-refractivity contribution in [3.05, 3.63) is 47.3 Å². The van der Waals surface area contributed by atoms with Crippen molar-refractivity contribution in [1.29, 1.82) is 0 Å². The van der Waals surface area contributed by atoms with E-state index in [9.17, 15) is 4.39 Å². The number of nitrogens with zero attached hydrogens (tertiary/aromatic N) is 4. The van der Waals surface area contributed by atoms with E-state index >= 15 is 0 Å². The van der Waals surface area contributed by atoms with E-state index in [4.69, 9.17) is 0 Å². The zero-order chi connectivity index (χ0) is 19.4. The summed E-state index contributed by atoms with van der Waals surface area (Å²) in [7, 11) is 1.78. The van der Waals surface area contributed by atoms with Crippen molar-refractivity contribution in [1.82, 2.24) is 25.4 Å². The second-order valence-corrected chi connectivity index (χ2v) is 7.89. The summed E-state index contributed by atoms with van der Waals surface area (Å²) < 4.78 is 15.9. The van der Waals surface area contributed by atoms with Gasteiger partial charge in [0, 0.05) is 44.9 Å². The molecule has 29 heavy (non-hydrogen) atoms. The van der Waals surface area contributed by atoms with E-state index in [0.717, 1.165) is 68.5 Å². The standard InChI is InChI=1S/C21H29FN6.HI/c1-23-20(25-15-21(10-11-21)16-6-5-7-17(22)14-16)24-12-9-19-27-26-18-8-3-2-4-13-28(18)19;/h5-7,14H,2-4,8-13,15H2,1H3,(H2,23,24,25);1H. The minimum absolute atomic E-state index is 0. The zero-order valence-electron chi connectivity index (χ0n) is 17.0. The predicted molar refractivity (Wildman–Crippen MR) is 123 cm³/mol. The van der Waals surface area contributed by atoms with E-state index in [2.05, 4.69) is 30.4 Å². The lowest BCUT2D eigenvalue weighted by Crippen LogP contribution is -2.42. The smallest absolute Gasteiger partial charge is 0.191 e. The first-order valence-corrected chi connectivity index (χ1v) is 10.3. The molecule has 0 amide bonds. The molecule has 4 rings (SSSR count). The van der Waals surface area contributed by atoms with Gasteiger partial charge in [0.05, 0.1) is 0 Å². The van der Waals surface area contributed by atoms with Crippen LogP contribution >= 0.6 is 24.0 Å². The fourth-order valence-corrected chi connectivity index (χ4v) is 4.03. The molecule has 0 radical (unpaired) electrons. The molecule has 158 valence electrons. The lowest BCUT2D eigenvalue weighted by molar-refractivity contribution is 0.596. The number of aromatic nitrogens is 3. The van der Waals surface area contributed by atoms with Crippen molar-refractivity contribution < 1.29 is 4.39 Å². The van der Waals surface area contributed by atoms with E-state index in [1.54, 1.807) is 19.2 Å². The Labute approximate surface area is 188 Å². The van der Waals surface area contributed by atoms with Crippen LogP contribution in [0.2, 0.25) is 0 Å². The van der Waals surface area contributed by atoms with Gasteiger partial charge in [-0.2, -0.15) is 0 Å². The SMILES string of the molecule is CN=C(NCCc1nnc2n1CCCCC2)NCC1(c2cccc(F)c2)CC1.I. The topological polar surface area (TPSA) is 67.1 Å². The van der Waals surface area contributed by atoms with E-state index < -0.39 is 0 Å². The third kappa shape index (κ3) is 5.26. The van der Waals surface area contributed by atoms with Gasteiger partial charge < -0.3 is 15.2 Å². The Kier molecular flexibility index (Phi) is 7.48. The molecule has 2 aliphatic rings. The lowest BCUT2D eigenvalue weighted by atomic mass is 9.96. The number of aryl methyl sites for hydroxylation is 1. The second kappa shape index (κ2) is 9.86. The first-order valence-electron chi connectivity index (χ1n) is 10.3. The van der Waals surface area contributed by atoms with Crippen molar-refractivity contribution in [3.63, 3.8) is 0 Å². The molecule has 0 atom stereocenters. The molecule has 0 bridgehead atoms. The van der Waals surface area contributed by atoms with Gasteiger partial charge in [-0.1, -0.05) is 18.6 Å². The summed E-state index contributed by atoms with van der Waals surface area (Å²) in [5, 5.41) is 15.5. The van der Waals surface area contributed by atoms with Crippen LogP contribution in [0, 0.1) is 5.82 Å². The number of aliphatic imine (C=N–C) groups is 1. The van der Waals surface area contributed by atoms with Gasteiger partial charge in [-0.3, -0.25) is 4.99 Å². The van der Waals surface area contributed by atoms with Crippen LogP contribution in [0.5, 0.6) is 0 Å². The maximum absolute atomic E-state index is 13.6. The van der Waals surface area contributed by atoms with Crippen LogP contribution in [-0.2, 0) is 24.8 Å². The van der Waals surface area contributed by atoms with Crippen molar-refractivity contribution in [2.24, 2.45) is 4.99 Å². The fraction of sp³-hybridized carbons (Fsp3) is 0.571. The molecule has 2 N–H and O–H groups in total. The summed E-state index contributed by atoms with van der Waals surface area (Å²) in [6, 6.07) is 6.96. The molecular formula is C21H30FIN6. The minimum Gasteiger partial charge on any atom is -0.356 e. The van der Waals surface area contributed by atoms with Crippen molar-refractivity contribution in [2.75, 3.05) is 20.1 Å². The van der Waals surface area contributed by atoms with E-state index in [-0.39, 0.29) is 35.2 Å². The maximum Gasteiger partial charge on any atom is 0.191 e. The van der Waals surface area contributed by atoms with Gasteiger partial charge in [0.15, 0.2) is 5.96 Å².